The molecular weight excluding hydrogens is 216 g/mol. The molecule has 0 aliphatic rings. The van der Waals surface area contributed by atoms with Gasteiger partial charge in [-0.2, -0.15) is 0 Å². The van der Waals surface area contributed by atoms with E-state index in [2.05, 4.69) is 5.32 Å². The van der Waals surface area contributed by atoms with Crippen molar-refractivity contribution in [2.45, 2.75) is 39.3 Å². The second kappa shape index (κ2) is 5.68. The Morgan fingerprint density at radius 1 is 1.47 bits per heavy atom. The predicted octanol–water partition coefficient (Wildman–Crippen LogP) is 1.62. The normalized spacial score (nSPS) is 14.3. The summed E-state index contributed by atoms with van der Waals surface area (Å²) in [6.07, 6.45) is 0.289. The van der Waals surface area contributed by atoms with Crippen LogP contribution in [0.4, 0.5) is 0 Å². The average Bonchev–Trinajstić information content (AvgIpc) is 2.15. The number of carbonyl (C=O) groups is 1. The van der Waals surface area contributed by atoms with Gasteiger partial charge in [0.15, 0.2) is 0 Å². The number of carbonyl (C=O) groups excluding carboxylic acids is 1. The molecular formula is C13H20N2O2. The van der Waals surface area contributed by atoms with Gasteiger partial charge in [-0.15, -0.1) is 0 Å². The van der Waals surface area contributed by atoms with Gasteiger partial charge < -0.3 is 16.2 Å². The Morgan fingerprint density at radius 3 is 2.65 bits per heavy atom. The first-order valence-corrected chi connectivity index (χ1v) is 5.74. The number of phenolic OH excluding ortho intramolecular Hbond substituents is 1. The van der Waals surface area contributed by atoms with Crippen LogP contribution < -0.4 is 11.1 Å². The molecule has 1 rings (SSSR count). The Labute approximate surface area is 102 Å². The number of hydrogen-bond donors (Lipinski definition) is 3. The van der Waals surface area contributed by atoms with E-state index < -0.39 is 0 Å². The largest absolute Gasteiger partial charge is 0.508 e. The highest BCUT2D eigenvalue weighted by molar-refractivity contribution is 5.74. The van der Waals surface area contributed by atoms with Crippen molar-refractivity contribution >= 4 is 5.91 Å². The molecule has 0 radical (unpaired) electrons. The molecule has 1 amide bonds. The molecule has 0 heterocycles. The Bertz CT molecular complexity index is 404. The van der Waals surface area contributed by atoms with Crippen LogP contribution in [0.2, 0.25) is 0 Å². The van der Waals surface area contributed by atoms with E-state index in [0.717, 1.165) is 11.1 Å². The molecule has 2 atom stereocenters. The second-order valence-electron chi connectivity index (χ2n) is 4.52. The molecule has 0 saturated carbocycles. The molecule has 17 heavy (non-hydrogen) atoms. The van der Waals surface area contributed by atoms with E-state index in [1.165, 1.54) is 0 Å². The van der Waals surface area contributed by atoms with Crippen molar-refractivity contribution < 1.29 is 9.90 Å². The summed E-state index contributed by atoms with van der Waals surface area (Å²) in [7, 11) is 0. The molecule has 4 heteroatoms. The van der Waals surface area contributed by atoms with E-state index in [0.29, 0.717) is 0 Å². The van der Waals surface area contributed by atoms with Gasteiger partial charge in [0.05, 0.1) is 0 Å². The van der Waals surface area contributed by atoms with Crippen LogP contribution in [0.25, 0.3) is 0 Å². The molecule has 4 nitrogen and oxygen atoms in total. The Kier molecular flexibility index (Phi) is 4.52. The Balaban J connectivity index is 2.69. The number of benzene rings is 1. The number of aromatic hydroxyl groups is 1. The minimum atomic E-state index is -0.328. The van der Waals surface area contributed by atoms with Crippen molar-refractivity contribution in [1.29, 1.82) is 0 Å². The van der Waals surface area contributed by atoms with Crippen LogP contribution in [0.3, 0.4) is 0 Å². The number of primary amides is 1. The third-order valence-electron chi connectivity index (χ3n) is 2.69. The van der Waals surface area contributed by atoms with Gasteiger partial charge in [-0.1, -0.05) is 12.1 Å². The summed E-state index contributed by atoms with van der Waals surface area (Å²) in [4.78, 5) is 10.8. The first kappa shape index (κ1) is 13.5. The van der Waals surface area contributed by atoms with Crippen molar-refractivity contribution in [1.82, 2.24) is 5.32 Å². The number of rotatable bonds is 5. The van der Waals surface area contributed by atoms with Crippen LogP contribution in [0.5, 0.6) is 5.75 Å². The maximum absolute atomic E-state index is 10.8. The molecule has 94 valence electrons. The first-order valence-electron chi connectivity index (χ1n) is 5.74. The van der Waals surface area contributed by atoms with Crippen LogP contribution in [-0.4, -0.2) is 17.1 Å². The highest BCUT2D eigenvalue weighted by Gasteiger charge is 2.14. The fourth-order valence-corrected chi connectivity index (χ4v) is 1.90. The number of nitrogens with two attached hydrogens (primary N) is 1. The lowest BCUT2D eigenvalue weighted by atomic mass is 10.0. The minimum Gasteiger partial charge on any atom is -0.508 e. The molecule has 0 aliphatic carbocycles. The molecule has 0 spiro atoms. The third-order valence-corrected chi connectivity index (χ3v) is 2.69. The van der Waals surface area contributed by atoms with Crippen molar-refractivity contribution in [3.05, 3.63) is 29.3 Å². The van der Waals surface area contributed by atoms with Crippen molar-refractivity contribution in [2.24, 2.45) is 5.73 Å². The molecule has 1 aromatic carbocycles. The first-order chi connectivity index (χ1) is 7.90. The van der Waals surface area contributed by atoms with Crippen LogP contribution in [0.1, 0.15) is 37.4 Å². The SMILES string of the molecule is Cc1ccc(C(C)NC(C)CC(N)=O)c(O)c1. The van der Waals surface area contributed by atoms with Gasteiger partial charge in [0.1, 0.15) is 5.75 Å². The summed E-state index contributed by atoms with van der Waals surface area (Å²) in [5, 5.41) is 13.1. The van der Waals surface area contributed by atoms with E-state index in [4.69, 9.17) is 5.73 Å². The summed E-state index contributed by atoms with van der Waals surface area (Å²) in [6, 6.07) is 5.53. The average molecular weight is 236 g/mol. The lowest BCUT2D eigenvalue weighted by Crippen LogP contribution is -2.32. The standard InChI is InChI=1S/C13H20N2O2/c1-8-4-5-11(12(16)6-8)10(3)15-9(2)7-13(14)17/h4-6,9-10,15-16H,7H2,1-3H3,(H2,14,17). The lowest BCUT2D eigenvalue weighted by Gasteiger charge is -2.20. The minimum absolute atomic E-state index is 0.0109. The molecule has 2 unspecified atom stereocenters. The van der Waals surface area contributed by atoms with Gasteiger partial charge in [-0.25, -0.2) is 0 Å². The van der Waals surface area contributed by atoms with Gasteiger partial charge in [-0.05, 0) is 32.4 Å². The van der Waals surface area contributed by atoms with Crippen LogP contribution in [0.15, 0.2) is 18.2 Å². The van der Waals surface area contributed by atoms with E-state index in [1.54, 1.807) is 6.07 Å². The number of aryl methyl sites for hydroxylation is 1. The van der Waals surface area contributed by atoms with Crippen LogP contribution in [-0.2, 0) is 4.79 Å². The van der Waals surface area contributed by atoms with Crippen molar-refractivity contribution in [3.8, 4) is 5.75 Å². The summed E-state index contributed by atoms with van der Waals surface area (Å²) >= 11 is 0. The summed E-state index contributed by atoms with van der Waals surface area (Å²) in [6.45, 7) is 5.77. The molecule has 0 saturated heterocycles. The zero-order chi connectivity index (χ0) is 13.0. The fourth-order valence-electron chi connectivity index (χ4n) is 1.90. The van der Waals surface area contributed by atoms with Gasteiger partial charge in [0.25, 0.3) is 0 Å². The summed E-state index contributed by atoms with van der Waals surface area (Å²) < 4.78 is 0. The Hall–Kier alpha value is -1.55. The van der Waals surface area contributed by atoms with E-state index >= 15 is 0 Å². The number of nitrogens with one attached hydrogen (secondary N) is 1. The van der Waals surface area contributed by atoms with Gasteiger partial charge in [0.2, 0.25) is 5.91 Å². The molecule has 1 aromatic rings. The summed E-state index contributed by atoms with van der Waals surface area (Å²) in [5.74, 6) is -0.0541. The van der Waals surface area contributed by atoms with Gasteiger partial charge >= 0.3 is 0 Å². The molecule has 4 N–H and O–H groups in total. The van der Waals surface area contributed by atoms with E-state index in [9.17, 15) is 9.90 Å². The Morgan fingerprint density at radius 2 is 2.12 bits per heavy atom. The fraction of sp³-hybridized carbons (Fsp3) is 0.462. The lowest BCUT2D eigenvalue weighted by molar-refractivity contribution is -0.118. The zero-order valence-electron chi connectivity index (χ0n) is 10.5. The van der Waals surface area contributed by atoms with Crippen molar-refractivity contribution in [3.63, 3.8) is 0 Å². The highest BCUT2D eigenvalue weighted by Crippen LogP contribution is 2.25. The van der Waals surface area contributed by atoms with Crippen LogP contribution in [0, 0.1) is 6.92 Å². The number of hydrogen-bond acceptors (Lipinski definition) is 3. The summed E-state index contributed by atoms with van der Waals surface area (Å²) in [5.41, 5.74) is 6.97. The molecule has 0 aliphatic heterocycles. The van der Waals surface area contributed by atoms with E-state index in [-0.39, 0.29) is 30.2 Å². The molecule has 0 aromatic heterocycles. The third kappa shape index (κ3) is 4.07. The van der Waals surface area contributed by atoms with E-state index in [1.807, 2.05) is 32.9 Å². The van der Waals surface area contributed by atoms with Crippen molar-refractivity contribution in [2.75, 3.05) is 0 Å². The smallest absolute Gasteiger partial charge is 0.218 e. The van der Waals surface area contributed by atoms with Gasteiger partial charge in [0, 0.05) is 24.1 Å². The second-order valence-corrected chi connectivity index (χ2v) is 4.52. The monoisotopic (exact) mass is 236 g/mol. The maximum Gasteiger partial charge on any atom is 0.218 e. The quantitative estimate of drug-likeness (QED) is 0.727. The zero-order valence-corrected chi connectivity index (χ0v) is 10.5. The number of amides is 1. The number of phenols is 1. The highest BCUT2D eigenvalue weighted by atomic mass is 16.3. The molecule has 0 bridgehead atoms. The van der Waals surface area contributed by atoms with Gasteiger partial charge in [-0.3, -0.25) is 4.79 Å². The van der Waals surface area contributed by atoms with Crippen LogP contribution >= 0.6 is 0 Å². The predicted molar refractivity (Wildman–Crippen MR) is 67.7 cm³/mol. The molecule has 0 fully saturated rings. The topological polar surface area (TPSA) is 75.3 Å². The maximum atomic E-state index is 10.8.